The molecule has 0 aliphatic heterocycles. The summed E-state index contributed by atoms with van der Waals surface area (Å²) in [6.45, 7) is 10.6. The molecule has 0 radical (unpaired) electrons. The Morgan fingerprint density at radius 1 is 0.700 bits per heavy atom. The van der Waals surface area contributed by atoms with Crippen molar-refractivity contribution in [3.8, 4) is 0 Å². The molecule has 0 amide bonds. The fourth-order valence-corrected chi connectivity index (χ4v) is 2.05. The van der Waals surface area contributed by atoms with E-state index >= 15 is 0 Å². The number of benzene rings is 2. The Morgan fingerprint density at radius 3 is 1.35 bits per heavy atom. The first-order valence-corrected chi connectivity index (χ1v) is 7.09. The van der Waals surface area contributed by atoms with Crippen LogP contribution in [0.25, 0.3) is 0 Å². The summed E-state index contributed by atoms with van der Waals surface area (Å²) < 4.78 is 0. The van der Waals surface area contributed by atoms with E-state index in [9.17, 15) is 0 Å². The van der Waals surface area contributed by atoms with E-state index in [2.05, 4.69) is 83.1 Å². The van der Waals surface area contributed by atoms with Gasteiger partial charge in [-0.3, -0.25) is 4.99 Å². The lowest BCUT2D eigenvalue weighted by molar-refractivity contribution is 0.584. The molecule has 0 saturated carbocycles. The molecule has 2 rings (SSSR count). The van der Waals surface area contributed by atoms with E-state index in [0.717, 1.165) is 5.71 Å². The topological polar surface area (TPSA) is 12.4 Å². The van der Waals surface area contributed by atoms with E-state index in [1.807, 2.05) is 0 Å². The summed E-state index contributed by atoms with van der Waals surface area (Å²) in [6, 6.07) is 17.2. The van der Waals surface area contributed by atoms with E-state index in [4.69, 9.17) is 4.99 Å². The zero-order valence-electron chi connectivity index (χ0n) is 13.1. The second-order valence-corrected chi connectivity index (χ2v) is 6.36. The highest BCUT2D eigenvalue weighted by molar-refractivity contribution is 6.13. The molecule has 2 aromatic carbocycles. The molecule has 0 aliphatic carbocycles. The summed E-state index contributed by atoms with van der Waals surface area (Å²) in [5.74, 6) is 0. The number of hydrogen-bond donors (Lipinski definition) is 0. The highest BCUT2D eigenvalue weighted by atomic mass is 14.8. The van der Waals surface area contributed by atoms with Gasteiger partial charge in [-0.15, -0.1) is 0 Å². The quantitative estimate of drug-likeness (QED) is 0.682. The van der Waals surface area contributed by atoms with Crippen molar-refractivity contribution < 1.29 is 0 Å². The third-order valence-electron chi connectivity index (χ3n) is 3.10. The minimum atomic E-state index is -0.0922. The first kappa shape index (κ1) is 14.5. The number of hydrogen-bond acceptors (Lipinski definition) is 1. The highest BCUT2D eigenvalue weighted by Gasteiger charge is 2.13. The summed E-state index contributed by atoms with van der Waals surface area (Å²) in [5.41, 5.74) is 5.87. The van der Waals surface area contributed by atoms with Crippen molar-refractivity contribution in [3.05, 3.63) is 70.8 Å². The molecule has 104 valence electrons. The molecule has 0 aromatic heterocycles. The van der Waals surface area contributed by atoms with Gasteiger partial charge in [0.2, 0.25) is 0 Å². The molecule has 0 fully saturated rings. The van der Waals surface area contributed by atoms with Crippen molar-refractivity contribution in [1.82, 2.24) is 0 Å². The van der Waals surface area contributed by atoms with Crippen LogP contribution in [0.15, 0.2) is 53.5 Å². The molecular weight excluding hydrogens is 242 g/mol. The monoisotopic (exact) mass is 265 g/mol. The van der Waals surface area contributed by atoms with Crippen molar-refractivity contribution in [2.45, 2.75) is 40.2 Å². The summed E-state index contributed by atoms with van der Waals surface area (Å²) >= 11 is 0. The van der Waals surface area contributed by atoms with Crippen LogP contribution in [0.2, 0.25) is 0 Å². The van der Waals surface area contributed by atoms with Crippen LogP contribution in [0.1, 0.15) is 43.0 Å². The largest absolute Gasteiger partial charge is 0.278 e. The van der Waals surface area contributed by atoms with Gasteiger partial charge in [0.25, 0.3) is 0 Å². The van der Waals surface area contributed by atoms with Gasteiger partial charge in [0, 0.05) is 11.1 Å². The van der Waals surface area contributed by atoms with Gasteiger partial charge in [-0.25, -0.2) is 0 Å². The van der Waals surface area contributed by atoms with E-state index in [0.29, 0.717) is 0 Å². The van der Waals surface area contributed by atoms with Gasteiger partial charge in [-0.05, 0) is 34.6 Å². The van der Waals surface area contributed by atoms with Gasteiger partial charge in [0.15, 0.2) is 0 Å². The Labute approximate surface area is 122 Å². The Balaban J connectivity index is 2.53. The molecule has 0 atom stereocenters. The molecule has 0 saturated heterocycles. The SMILES string of the molecule is Cc1ccc(C(=NC(C)(C)C)c2ccc(C)cc2)cc1. The van der Waals surface area contributed by atoms with Crippen LogP contribution < -0.4 is 0 Å². The van der Waals surface area contributed by atoms with Gasteiger partial charge in [0.05, 0.1) is 11.3 Å². The lowest BCUT2D eigenvalue weighted by Gasteiger charge is -2.17. The zero-order valence-corrected chi connectivity index (χ0v) is 13.1. The minimum Gasteiger partial charge on any atom is -0.278 e. The average Bonchev–Trinajstić information content (AvgIpc) is 2.37. The average molecular weight is 265 g/mol. The minimum absolute atomic E-state index is 0.0922. The van der Waals surface area contributed by atoms with E-state index < -0.39 is 0 Å². The summed E-state index contributed by atoms with van der Waals surface area (Å²) in [4.78, 5) is 4.93. The molecule has 0 bridgehead atoms. The molecule has 0 aliphatic rings. The second kappa shape index (κ2) is 5.62. The Bertz CT molecular complexity index is 548. The molecule has 0 unspecified atom stereocenters. The normalized spacial score (nSPS) is 11.2. The fraction of sp³-hybridized carbons (Fsp3) is 0.316. The van der Waals surface area contributed by atoms with Crippen LogP contribution in [-0.4, -0.2) is 11.3 Å². The Kier molecular flexibility index (Phi) is 4.08. The number of rotatable bonds is 2. The maximum Gasteiger partial charge on any atom is 0.0725 e. The predicted octanol–water partition coefficient (Wildman–Crippen LogP) is 4.94. The highest BCUT2D eigenvalue weighted by Crippen LogP contribution is 2.17. The number of nitrogens with zero attached hydrogens (tertiary/aromatic N) is 1. The van der Waals surface area contributed by atoms with Crippen molar-refractivity contribution in [2.24, 2.45) is 4.99 Å². The van der Waals surface area contributed by atoms with Gasteiger partial charge < -0.3 is 0 Å². The standard InChI is InChI=1S/C19H23N/c1-14-6-10-16(11-7-14)18(20-19(3,4)5)17-12-8-15(2)9-13-17/h6-13H,1-5H3. The van der Waals surface area contributed by atoms with Gasteiger partial charge in [-0.1, -0.05) is 59.7 Å². The van der Waals surface area contributed by atoms with Crippen LogP contribution in [0.5, 0.6) is 0 Å². The number of aryl methyl sites for hydroxylation is 2. The van der Waals surface area contributed by atoms with E-state index in [1.54, 1.807) is 0 Å². The van der Waals surface area contributed by atoms with Crippen molar-refractivity contribution in [3.63, 3.8) is 0 Å². The molecule has 0 N–H and O–H groups in total. The van der Waals surface area contributed by atoms with Crippen molar-refractivity contribution in [2.75, 3.05) is 0 Å². The Morgan fingerprint density at radius 2 is 1.05 bits per heavy atom. The van der Waals surface area contributed by atoms with Crippen LogP contribution in [0.4, 0.5) is 0 Å². The maximum absolute atomic E-state index is 4.93. The van der Waals surface area contributed by atoms with E-state index in [-0.39, 0.29) is 5.54 Å². The molecule has 1 nitrogen and oxygen atoms in total. The molecule has 2 aromatic rings. The first-order valence-electron chi connectivity index (χ1n) is 7.09. The van der Waals surface area contributed by atoms with Crippen molar-refractivity contribution in [1.29, 1.82) is 0 Å². The molecule has 0 spiro atoms. The van der Waals surface area contributed by atoms with Gasteiger partial charge in [0.1, 0.15) is 0 Å². The predicted molar refractivity (Wildman–Crippen MR) is 87.8 cm³/mol. The van der Waals surface area contributed by atoms with Crippen molar-refractivity contribution >= 4 is 5.71 Å². The molecule has 20 heavy (non-hydrogen) atoms. The third-order valence-corrected chi connectivity index (χ3v) is 3.10. The summed E-state index contributed by atoms with van der Waals surface area (Å²) in [5, 5.41) is 0. The summed E-state index contributed by atoms with van der Waals surface area (Å²) in [7, 11) is 0. The smallest absolute Gasteiger partial charge is 0.0725 e. The lowest BCUT2D eigenvalue weighted by atomic mass is 9.98. The van der Waals surface area contributed by atoms with E-state index in [1.165, 1.54) is 22.3 Å². The lowest BCUT2D eigenvalue weighted by Crippen LogP contribution is -2.16. The van der Waals surface area contributed by atoms with Crippen LogP contribution in [-0.2, 0) is 0 Å². The molecular formula is C19H23N. The van der Waals surface area contributed by atoms with Crippen LogP contribution >= 0.6 is 0 Å². The Hall–Kier alpha value is -1.89. The summed E-state index contributed by atoms with van der Waals surface area (Å²) in [6.07, 6.45) is 0. The number of aliphatic imine (C=N–C) groups is 1. The molecule has 0 heterocycles. The second-order valence-electron chi connectivity index (χ2n) is 6.36. The van der Waals surface area contributed by atoms with Gasteiger partial charge in [-0.2, -0.15) is 0 Å². The molecule has 1 heteroatoms. The third kappa shape index (κ3) is 3.80. The van der Waals surface area contributed by atoms with Gasteiger partial charge >= 0.3 is 0 Å². The maximum atomic E-state index is 4.93. The first-order chi connectivity index (χ1) is 9.35. The zero-order chi connectivity index (χ0) is 14.8. The fourth-order valence-electron chi connectivity index (χ4n) is 2.05. The van der Waals surface area contributed by atoms with Crippen LogP contribution in [0.3, 0.4) is 0 Å². The van der Waals surface area contributed by atoms with Crippen LogP contribution in [0, 0.1) is 13.8 Å².